The molecule has 0 N–H and O–H groups in total. The van der Waals surface area contributed by atoms with Gasteiger partial charge >= 0.3 is 0 Å². The molecule has 1 aromatic rings. The summed E-state index contributed by atoms with van der Waals surface area (Å²) in [6.45, 7) is 5.80. The Balaban J connectivity index is 2.58. The fraction of sp³-hybridized carbons (Fsp3) is 0.273. The molecule has 0 aliphatic carbocycles. The van der Waals surface area contributed by atoms with E-state index in [0.29, 0.717) is 0 Å². The highest BCUT2D eigenvalue weighted by Crippen LogP contribution is 2.05. The van der Waals surface area contributed by atoms with Crippen LogP contribution in [-0.4, -0.2) is 0 Å². The number of hydrogen-bond donors (Lipinski definition) is 0. The van der Waals surface area contributed by atoms with E-state index in [1.807, 2.05) is 6.08 Å². The summed E-state index contributed by atoms with van der Waals surface area (Å²) in [6, 6.07) is 8.66. The van der Waals surface area contributed by atoms with Gasteiger partial charge < -0.3 is 0 Å². The molecule has 0 spiro atoms. The maximum absolute atomic E-state index is 3.69. The fourth-order valence-electron chi connectivity index (χ4n) is 1.02. The van der Waals surface area contributed by atoms with E-state index < -0.39 is 0 Å². The van der Waals surface area contributed by atoms with E-state index in [9.17, 15) is 0 Å². The maximum Gasteiger partial charge on any atom is -0.0244 e. The van der Waals surface area contributed by atoms with Crippen LogP contribution >= 0.6 is 0 Å². The molecule has 1 aromatic carbocycles. The van der Waals surface area contributed by atoms with Gasteiger partial charge in [0, 0.05) is 0 Å². The SMILES string of the molecule is C=CCCc1ccc(C)cc1. The predicted molar refractivity (Wildman–Crippen MR) is 49.7 cm³/mol. The van der Waals surface area contributed by atoms with Crippen molar-refractivity contribution < 1.29 is 0 Å². The van der Waals surface area contributed by atoms with Gasteiger partial charge in [-0.1, -0.05) is 35.9 Å². The maximum atomic E-state index is 3.69. The molecule has 0 atom stereocenters. The lowest BCUT2D eigenvalue weighted by molar-refractivity contribution is 1.00. The lowest BCUT2D eigenvalue weighted by Crippen LogP contribution is -1.82. The van der Waals surface area contributed by atoms with Crippen LogP contribution in [-0.2, 0) is 6.42 Å². The second-order valence-electron chi connectivity index (χ2n) is 2.81. The first-order chi connectivity index (χ1) is 5.33. The van der Waals surface area contributed by atoms with Crippen LogP contribution in [0, 0.1) is 6.92 Å². The van der Waals surface area contributed by atoms with Gasteiger partial charge in [-0.25, -0.2) is 0 Å². The van der Waals surface area contributed by atoms with Crippen molar-refractivity contribution in [2.24, 2.45) is 0 Å². The smallest absolute Gasteiger partial charge is 0.0244 e. The van der Waals surface area contributed by atoms with Crippen molar-refractivity contribution in [2.45, 2.75) is 19.8 Å². The van der Waals surface area contributed by atoms with Gasteiger partial charge in [0.1, 0.15) is 0 Å². The van der Waals surface area contributed by atoms with Gasteiger partial charge in [-0.2, -0.15) is 0 Å². The van der Waals surface area contributed by atoms with Gasteiger partial charge in [0.05, 0.1) is 0 Å². The van der Waals surface area contributed by atoms with Crippen molar-refractivity contribution in [3.63, 3.8) is 0 Å². The summed E-state index contributed by atoms with van der Waals surface area (Å²) in [5.41, 5.74) is 2.72. The first-order valence-electron chi connectivity index (χ1n) is 3.99. The summed E-state index contributed by atoms with van der Waals surface area (Å²) >= 11 is 0. The summed E-state index contributed by atoms with van der Waals surface area (Å²) in [4.78, 5) is 0. The van der Waals surface area contributed by atoms with Crippen LogP contribution in [0.4, 0.5) is 0 Å². The number of rotatable bonds is 3. The number of hydrogen-bond acceptors (Lipinski definition) is 0. The van der Waals surface area contributed by atoms with Gasteiger partial charge in [0.15, 0.2) is 0 Å². The van der Waals surface area contributed by atoms with Gasteiger partial charge in [0.25, 0.3) is 0 Å². The molecule has 0 aliphatic heterocycles. The molecule has 0 amide bonds. The van der Waals surface area contributed by atoms with Crippen LogP contribution in [0.5, 0.6) is 0 Å². The van der Waals surface area contributed by atoms with Crippen LogP contribution in [0.15, 0.2) is 36.9 Å². The molecule has 0 heteroatoms. The van der Waals surface area contributed by atoms with Crippen LogP contribution in [0.3, 0.4) is 0 Å². The Labute approximate surface area is 68.6 Å². The minimum atomic E-state index is 1.07. The van der Waals surface area contributed by atoms with E-state index in [4.69, 9.17) is 0 Å². The van der Waals surface area contributed by atoms with Gasteiger partial charge in [-0.15, -0.1) is 6.58 Å². The van der Waals surface area contributed by atoms with Gasteiger partial charge in [0.2, 0.25) is 0 Å². The van der Waals surface area contributed by atoms with Crippen LogP contribution in [0.25, 0.3) is 0 Å². The van der Waals surface area contributed by atoms with Gasteiger partial charge in [-0.3, -0.25) is 0 Å². The van der Waals surface area contributed by atoms with Crippen molar-refractivity contribution in [3.8, 4) is 0 Å². The zero-order chi connectivity index (χ0) is 8.10. The molecule has 0 heterocycles. The van der Waals surface area contributed by atoms with E-state index in [1.165, 1.54) is 11.1 Å². The molecule has 0 saturated carbocycles. The summed E-state index contributed by atoms with van der Waals surface area (Å²) in [5, 5.41) is 0. The monoisotopic (exact) mass is 146 g/mol. The Bertz CT molecular complexity index is 218. The first-order valence-corrected chi connectivity index (χ1v) is 3.99. The topological polar surface area (TPSA) is 0 Å². The zero-order valence-electron chi connectivity index (χ0n) is 7.01. The normalized spacial score (nSPS) is 9.55. The molecule has 58 valence electrons. The Morgan fingerprint density at radius 2 is 1.91 bits per heavy atom. The van der Waals surface area contributed by atoms with Crippen molar-refractivity contribution >= 4 is 0 Å². The van der Waals surface area contributed by atoms with Crippen molar-refractivity contribution in [1.29, 1.82) is 0 Å². The second kappa shape index (κ2) is 3.97. The first kappa shape index (κ1) is 8.06. The molecular weight excluding hydrogens is 132 g/mol. The highest BCUT2D eigenvalue weighted by atomic mass is 13.9. The third-order valence-electron chi connectivity index (χ3n) is 1.76. The summed E-state index contributed by atoms with van der Waals surface area (Å²) in [5.74, 6) is 0. The molecule has 1 rings (SSSR count). The molecule has 11 heavy (non-hydrogen) atoms. The van der Waals surface area contributed by atoms with Crippen LogP contribution < -0.4 is 0 Å². The number of benzene rings is 1. The average Bonchev–Trinajstić information content (AvgIpc) is 2.04. The van der Waals surface area contributed by atoms with E-state index in [1.54, 1.807) is 0 Å². The Hall–Kier alpha value is -1.04. The summed E-state index contributed by atoms with van der Waals surface area (Å²) in [7, 11) is 0. The number of allylic oxidation sites excluding steroid dienone is 1. The molecule has 0 aromatic heterocycles. The van der Waals surface area contributed by atoms with E-state index in [-0.39, 0.29) is 0 Å². The highest BCUT2D eigenvalue weighted by Gasteiger charge is 1.88. The van der Waals surface area contributed by atoms with Crippen molar-refractivity contribution in [1.82, 2.24) is 0 Å². The molecule has 0 fully saturated rings. The molecule has 0 nitrogen and oxygen atoms in total. The zero-order valence-corrected chi connectivity index (χ0v) is 7.01. The Morgan fingerprint density at radius 1 is 1.27 bits per heavy atom. The minimum absolute atomic E-state index is 1.07. The summed E-state index contributed by atoms with van der Waals surface area (Å²) in [6.07, 6.45) is 4.15. The van der Waals surface area contributed by atoms with Crippen molar-refractivity contribution in [2.75, 3.05) is 0 Å². The van der Waals surface area contributed by atoms with Gasteiger partial charge in [-0.05, 0) is 25.3 Å². The van der Waals surface area contributed by atoms with Crippen LogP contribution in [0.1, 0.15) is 17.5 Å². The average molecular weight is 146 g/mol. The lowest BCUT2D eigenvalue weighted by atomic mass is 10.1. The summed E-state index contributed by atoms with van der Waals surface area (Å²) < 4.78 is 0. The van der Waals surface area contributed by atoms with Crippen LogP contribution in [0.2, 0.25) is 0 Å². The lowest BCUT2D eigenvalue weighted by Gasteiger charge is -1.97. The number of aryl methyl sites for hydroxylation is 2. The largest absolute Gasteiger partial charge is 0.103 e. The molecular formula is C11H14. The molecule has 0 saturated heterocycles. The molecule has 0 radical (unpaired) electrons. The third kappa shape index (κ3) is 2.58. The fourth-order valence-corrected chi connectivity index (χ4v) is 1.02. The Morgan fingerprint density at radius 3 is 2.45 bits per heavy atom. The van der Waals surface area contributed by atoms with Crippen molar-refractivity contribution in [3.05, 3.63) is 48.0 Å². The molecule has 0 bridgehead atoms. The quantitative estimate of drug-likeness (QED) is 0.575. The van der Waals surface area contributed by atoms with E-state index in [0.717, 1.165) is 12.8 Å². The Kier molecular flexibility index (Phi) is 2.91. The predicted octanol–water partition coefficient (Wildman–Crippen LogP) is 3.11. The minimum Gasteiger partial charge on any atom is -0.103 e. The van der Waals surface area contributed by atoms with E-state index in [2.05, 4.69) is 37.8 Å². The van der Waals surface area contributed by atoms with E-state index >= 15 is 0 Å². The molecule has 0 aliphatic rings. The third-order valence-corrected chi connectivity index (χ3v) is 1.76. The molecule has 0 unspecified atom stereocenters. The second-order valence-corrected chi connectivity index (χ2v) is 2.81. The standard InChI is InChI=1S/C11H14/c1-3-4-5-11-8-6-10(2)7-9-11/h3,6-9H,1,4-5H2,2H3. The highest BCUT2D eigenvalue weighted by molar-refractivity contribution is 5.21.